The van der Waals surface area contributed by atoms with E-state index in [4.69, 9.17) is 9.47 Å². The summed E-state index contributed by atoms with van der Waals surface area (Å²) < 4.78 is 56.5. The number of piperazine rings is 1. The number of hydrogen-bond donors (Lipinski definition) is 0. The summed E-state index contributed by atoms with van der Waals surface area (Å²) in [6.07, 6.45) is 4.37. The first kappa shape index (κ1) is 22.7. The third-order valence-electron chi connectivity index (χ3n) is 6.64. The van der Waals surface area contributed by atoms with E-state index in [2.05, 4.69) is 9.29 Å². The molecule has 3 aliphatic heterocycles. The number of anilines is 1. The van der Waals surface area contributed by atoms with E-state index in [1.807, 2.05) is 11.2 Å². The molecule has 7 nitrogen and oxygen atoms in total. The fourth-order valence-electron chi connectivity index (χ4n) is 4.83. The summed E-state index contributed by atoms with van der Waals surface area (Å²) in [6, 6.07) is 0.936. The van der Waals surface area contributed by atoms with Gasteiger partial charge in [0.25, 0.3) is 5.91 Å². The molecule has 0 radical (unpaired) electrons. The van der Waals surface area contributed by atoms with Crippen molar-refractivity contribution in [3.63, 3.8) is 0 Å². The quantitative estimate of drug-likeness (QED) is 0.492. The van der Waals surface area contributed by atoms with Crippen LogP contribution in [0.2, 0.25) is 0 Å². The minimum absolute atomic E-state index is 0.0872. The number of ether oxygens (including phenoxy) is 2. The van der Waals surface area contributed by atoms with Gasteiger partial charge in [-0.1, -0.05) is 11.9 Å². The van der Waals surface area contributed by atoms with Gasteiger partial charge < -0.3 is 19.3 Å². The van der Waals surface area contributed by atoms with Gasteiger partial charge in [0, 0.05) is 63.7 Å². The first-order valence-corrected chi connectivity index (χ1v) is 12.2. The maximum atomic E-state index is 14.6. The Labute approximate surface area is 193 Å². The maximum absolute atomic E-state index is 14.6. The summed E-state index contributed by atoms with van der Waals surface area (Å²) >= 11 is 1.63. The highest BCUT2D eigenvalue weighted by Gasteiger charge is 2.41. The lowest BCUT2D eigenvalue weighted by Crippen LogP contribution is -2.48. The number of fused-ring (bicyclic) bond motifs is 1. The minimum Gasteiger partial charge on any atom is -0.370 e. The van der Waals surface area contributed by atoms with Gasteiger partial charge in [-0.2, -0.15) is 0 Å². The van der Waals surface area contributed by atoms with Gasteiger partial charge >= 0.3 is 0 Å². The van der Waals surface area contributed by atoms with Gasteiger partial charge in [-0.3, -0.25) is 9.78 Å². The molecule has 33 heavy (non-hydrogen) atoms. The van der Waals surface area contributed by atoms with E-state index >= 15 is 0 Å². The Morgan fingerprint density at radius 1 is 1.03 bits per heavy atom. The number of benzene rings is 1. The molecule has 3 aliphatic rings. The molecule has 0 N–H and O–H groups in total. The summed E-state index contributed by atoms with van der Waals surface area (Å²) in [5.74, 6) is -5.13. The van der Waals surface area contributed by atoms with Crippen molar-refractivity contribution in [3.05, 3.63) is 35.3 Å². The number of piperidine rings is 1. The summed E-state index contributed by atoms with van der Waals surface area (Å²) in [6.45, 7) is 4.49. The van der Waals surface area contributed by atoms with Gasteiger partial charge in [0.05, 0.1) is 24.5 Å². The number of carbonyl (C=O) groups is 1. The third-order valence-corrected chi connectivity index (χ3v) is 7.52. The number of nitrogens with zero attached hydrogens (tertiary/aromatic N) is 4. The van der Waals surface area contributed by atoms with Crippen LogP contribution < -0.4 is 4.90 Å². The molecule has 0 unspecified atom stereocenters. The summed E-state index contributed by atoms with van der Waals surface area (Å²) in [5, 5.41) is 0.0872. The largest absolute Gasteiger partial charge is 0.370 e. The molecule has 178 valence electrons. The zero-order valence-corrected chi connectivity index (χ0v) is 19.1. The standard InChI is InChI=1S/C22H25F3N4O3S/c1-33-29-8-6-28(7-9-29)21(30)15-13-26-19-14(12-16(23)17(24)18(19)25)20(15)27-4-2-22(3-5-27)31-10-11-32-22/h12-13H,2-11H2,1H3. The predicted molar refractivity (Wildman–Crippen MR) is 119 cm³/mol. The maximum Gasteiger partial charge on any atom is 0.257 e. The van der Waals surface area contributed by atoms with Gasteiger partial charge in [0.1, 0.15) is 5.52 Å². The fourth-order valence-corrected chi connectivity index (χ4v) is 5.35. The van der Waals surface area contributed by atoms with E-state index in [9.17, 15) is 18.0 Å². The van der Waals surface area contributed by atoms with Gasteiger partial charge in [-0.25, -0.2) is 17.5 Å². The Morgan fingerprint density at radius 2 is 1.70 bits per heavy atom. The number of amides is 1. The molecule has 11 heteroatoms. The number of rotatable bonds is 3. The average Bonchev–Trinajstić information content (AvgIpc) is 3.30. The molecule has 5 rings (SSSR count). The third kappa shape index (κ3) is 4.05. The van der Waals surface area contributed by atoms with Crippen LogP contribution >= 0.6 is 11.9 Å². The van der Waals surface area contributed by atoms with Crippen molar-refractivity contribution in [2.45, 2.75) is 18.6 Å². The van der Waals surface area contributed by atoms with Crippen LogP contribution in [0.15, 0.2) is 12.3 Å². The summed E-state index contributed by atoms with van der Waals surface area (Å²) in [7, 11) is 0. The highest BCUT2D eigenvalue weighted by molar-refractivity contribution is 7.96. The number of halogens is 3. The van der Waals surface area contributed by atoms with Crippen molar-refractivity contribution in [1.29, 1.82) is 0 Å². The van der Waals surface area contributed by atoms with E-state index in [0.29, 0.717) is 57.9 Å². The van der Waals surface area contributed by atoms with E-state index < -0.39 is 23.2 Å². The molecule has 4 heterocycles. The second-order valence-electron chi connectivity index (χ2n) is 8.40. The second kappa shape index (κ2) is 8.94. The van der Waals surface area contributed by atoms with Crippen LogP contribution in [-0.4, -0.2) is 84.6 Å². The second-order valence-corrected chi connectivity index (χ2v) is 9.28. The highest BCUT2D eigenvalue weighted by atomic mass is 32.2. The molecule has 1 aromatic heterocycles. The number of aromatic nitrogens is 1. The molecule has 0 bridgehead atoms. The molecule has 2 aromatic rings. The summed E-state index contributed by atoms with van der Waals surface area (Å²) in [5.41, 5.74) is 0.346. The molecule has 0 atom stereocenters. The van der Waals surface area contributed by atoms with E-state index in [-0.39, 0.29) is 22.4 Å². The Hall–Kier alpha value is -2.08. The lowest BCUT2D eigenvalue weighted by Gasteiger charge is -2.40. The highest BCUT2D eigenvalue weighted by Crippen LogP contribution is 2.38. The van der Waals surface area contributed by atoms with Crippen molar-refractivity contribution in [2.75, 3.05) is 63.6 Å². The molecular weight excluding hydrogens is 457 g/mol. The van der Waals surface area contributed by atoms with Crippen molar-refractivity contribution in [3.8, 4) is 0 Å². The monoisotopic (exact) mass is 482 g/mol. The lowest BCUT2D eigenvalue weighted by atomic mass is 9.99. The van der Waals surface area contributed by atoms with Crippen molar-refractivity contribution in [1.82, 2.24) is 14.2 Å². The van der Waals surface area contributed by atoms with Crippen molar-refractivity contribution >= 4 is 34.4 Å². The minimum atomic E-state index is -1.57. The number of pyridine rings is 1. The smallest absolute Gasteiger partial charge is 0.257 e. The van der Waals surface area contributed by atoms with E-state index in [1.165, 1.54) is 6.20 Å². The van der Waals surface area contributed by atoms with Crippen LogP contribution in [0, 0.1) is 17.5 Å². The molecule has 1 spiro atoms. The molecule has 0 saturated carbocycles. The molecule has 0 aliphatic carbocycles. The number of carbonyl (C=O) groups excluding carboxylic acids is 1. The topological polar surface area (TPSA) is 58.1 Å². The molecule has 3 saturated heterocycles. The van der Waals surface area contributed by atoms with E-state index in [0.717, 1.165) is 19.2 Å². The molecule has 3 fully saturated rings. The Morgan fingerprint density at radius 3 is 2.33 bits per heavy atom. The Balaban J connectivity index is 1.54. The van der Waals surface area contributed by atoms with Crippen molar-refractivity contribution in [2.24, 2.45) is 0 Å². The van der Waals surface area contributed by atoms with Crippen LogP contribution in [0.1, 0.15) is 23.2 Å². The van der Waals surface area contributed by atoms with Crippen LogP contribution in [0.4, 0.5) is 18.9 Å². The summed E-state index contributed by atoms with van der Waals surface area (Å²) in [4.78, 5) is 21.2. The normalized spacial score (nSPS) is 21.3. The van der Waals surface area contributed by atoms with Gasteiger partial charge in [0.15, 0.2) is 23.2 Å². The van der Waals surface area contributed by atoms with Crippen LogP contribution in [0.3, 0.4) is 0 Å². The zero-order chi connectivity index (χ0) is 23.2. The first-order chi connectivity index (χ1) is 15.9. The zero-order valence-electron chi connectivity index (χ0n) is 18.3. The van der Waals surface area contributed by atoms with Gasteiger partial charge in [-0.15, -0.1) is 0 Å². The van der Waals surface area contributed by atoms with Crippen LogP contribution in [0.5, 0.6) is 0 Å². The van der Waals surface area contributed by atoms with Crippen LogP contribution in [0.25, 0.3) is 10.9 Å². The first-order valence-electron chi connectivity index (χ1n) is 11.0. The molecular formula is C22H25F3N4O3S. The number of hydrogen-bond acceptors (Lipinski definition) is 7. The molecule has 1 aromatic carbocycles. The lowest BCUT2D eigenvalue weighted by molar-refractivity contribution is -0.169. The molecule has 1 amide bonds. The van der Waals surface area contributed by atoms with Gasteiger partial charge in [0.2, 0.25) is 0 Å². The Bertz CT molecular complexity index is 1060. The SMILES string of the molecule is CSN1CCN(C(=O)c2cnc3c(F)c(F)c(F)cc3c2N2CCC3(CC2)OCCO3)CC1. The predicted octanol–water partition coefficient (Wildman–Crippen LogP) is 3.03. The van der Waals surface area contributed by atoms with E-state index in [1.54, 1.807) is 16.8 Å². The van der Waals surface area contributed by atoms with Crippen molar-refractivity contribution < 1.29 is 27.4 Å². The van der Waals surface area contributed by atoms with Crippen LogP contribution in [-0.2, 0) is 9.47 Å². The average molecular weight is 483 g/mol. The Kier molecular flexibility index (Phi) is 6.15. The fraction of sp³-hybridized carbons (Fsp3) is 0.545. The van der Waals surface area contributed by atoms with Gasteiger partial charge in [-0.05, 0) is 12.3 Å².